The zero-order valence-electron chi connectivity index (χ0n) is 26.5. The van der Waals surface area contributed by atoms with Crippen molar-refractivity contribution in [2.24, 2.45) is 0 Å². The molecule has 0 saturated carbocycles. The summed E-state index contributed by atoms with van der Waals surface area (Å²) in [6.45, 7) is 0. The van der Waals surface area contributed by atoms with Gasteiger partial charge in [0.25, 0.3) is 15.9 Å². The monoisotopic (exact) mass is 718 g/mol. The standard InChI is InChI=1S/C33H30ClF3N4O7S/c1-40(2)30(42)25(17-20-13-15-38-16-14-20)39-32(23-7-5-6-8-27(23)47-4)24-18-21(34)9-11-26(24)41(31(32)43)49(44,45)29-12-10-22(46-3)19-28(29)48-33(35,36)37/h5-16,18-19,25,39H,17H2,1-4H3/t25-,32?/m0/s1. The molecule has 1 N–H and O–H groups in total. The SMILES string of the molecule is COc1ccc(S(=O)(=O)N2C(=O)C(N[C@@H](Cc3ccncc3)C(=O)N(C)C)(c3ccccc3OC)c3cc(Cl)ccc32)c(OC(F)(F)F)c1. The van der Waals surface area contributed by atoms with Crippen LogP contribution < -0.4 is 23.8 Å². The van der Waals surface area contributed by atoms with Crippen molar-refractivity contribution in [1.82, 2.24) is 15.2 Å². The predicted octanol–water partition coefficient (Wildman–Crippen LogP) is 4.92. The van der Waals surface area contributed by atoms with Crippen LogP contribution in [0, 0.1) is 0 Å². The largest absolute Gasteiger partial charge is 0.573 e. The van der Waals surface area contributed by atoms with Crippen molar-refractivity contribution in [2.45, 2.75) is 29.3 Å². The summed E-state index contributed by atoms with van der Waals surface area (Å²) in [6, 6.07) is 15.1. The number of pyridine rings is 1. The summed E-state index contributed by atoms with van der Waals surface area (Å²) >= 11 is 6.47. The van der Waals surface area contributed by atoms with Crippen molar-refractivity contribution in [3.05, 3.63) is 107 Å². The number of anilines is 1. The Balaban J connectivity index is 1.80. The molecule has 0 radical (unpaired) electrons. The number of carbonyl (C=O) groups is 2. The van der Waals surface area contributed by atoms with Crippen LogP contribution in [-0.2, 0) is 31.6 Å². The highest BCUT2D eigenvalue weighted by Gasteiger charge is 2.59. The van der Waals surface area contributed by atoms with Crippen LogP contribution in [0.15, 0.2) is 90.1 Å². The van der Waals surface area contributed by atoms with E-state index in [0.717, 1.165) is 18.2 Å². The maximum absolute atomic E-state index is 15.1. The number of para-hydroxylation sites is 1. The lowest BCUT2D eigenvalue weighted by molar-refractivity contribution is -0.275. The lowest BCUT2D eigenvalue weighted by atomic mass is 9.82. The number of methoxy groups -OCH3 is 2. The molecular formula is C33H30ClF3N4O7S. The Morgan fingerprint density at radius 1 is 0.980 bits per heavy atom. The number of amides is 2. The Bertz CT molecular complexity index is 2000. The first-order chi connectivity index (χ1) is 23.1. The molecule has 5 rings (SSSR count). The molecule has 0 bridgehead atoms. The number of sulfonamides is 1. The van der Waals surface area contributed by atoms with E-state index in [1.807, 2.05) is 0 Å². The second-order valence-corrected chi connectivity index (χ2v) is 13.2. The Morgan fingerprint density at radius 3 is 2.31 bits per heavy atom. The lowest BCUT2D eigenvalue weighted by Gasteiger charge is -2.36. The molecule has 2 amide bonds. The number of likely N-dealkylation sites (N-methyl/N-ethyl adjacent to an activating group) is 1. The average molecular weight is 719 g/mol. The Labute approximate surface area is 285 Å². The highest BCUT2D eigenvalue weighted by Crippen LogP contribution is 2.51. The zero-order valence-corrected chi connectivity index (χ0v) is 28.1. The van der Waals surface area contributed by atoms with Gasteiger partial charge in [-0.2, -0.15) is 0 Å². The quantitative estimate of drug-likeness (QED) is 0.230. The van der Waals surface area contributed by atoms with E-state index in [2.05, 4.69) is 15.0 Å². The van der Waals surface area contributed by atoms with Crippen molar-refractivity contribution in [1.29, 1.82) is 0 Å². The minimum absolute atomic E-state index is 0.00355. The van der Waals surface area contributed by atoms with E-state index >= 15 is 4.79 Å². The van der Waals surface area contributed by atoms with Crippen LogP contribution in [0.1, 0.15) is 16.7 Å². The second kappa shape index (κ2) is 13.6. The smallest absolute Gasteiger partial charge is 0.497 e. The molecule has 1 unspecified atom stereocenters. The normalized spacial score (nSPS) is 16.6. The maximum Gasteiger partial charge on any atom is 0.573 e. The van der Waals surface area contributed by atoms with Gasteiger partial charge in [-0.25, -0.2) is 12.7 Å². The minimum Gasteiger partial charge on any atom is -0.497 e. The van der Waals surface area contributed by atoms with Gasteiger partial charge >= 0.3 is 6.36 Å². The summed E-state index contributed by atoms with van der Waals surface area (Å²) in [5, 5.41) is 3.27. The molecule has 1 aliphatic heterocycles. The van der Waals surface area contributed by atoms with Crippen molar-refractivity contribution in [2.75, 3.05) is 32.6 Å². The van der Waals surface area contributed by atoms with E-state index in [-0.39, 0.29) is 39.8 Å². The molecule has 2 atom stereocenters. The summed E-state index contributed by atoms with van der Waals surface area (Å²) in [4.78, 5) is 33.3. The number of halogens is 4. The zero-order chi connectivity index (χ0) is 35.7. The molecule has 258 valence electrons. The van der Waals surface area contributed by atoms with E-state index in [4.69, 9.17) is 21.1 Å². The van der Waals surface area contributed by atoms with Gasteiger partial charge in [-0.05, 0) is 60.5 Å². The van der Waals surface area contributed by atoms with E-state index < -0.39 is 50.4 Å². The summed E-state index contributed by atoms with van der Waals surface area (Å²) < 4.78 is 84.9. The number of nitrogens with zero attached hydrogens (tertiary/aromatic N) is 3. The first kappa shape index (κ1) is 35.4. The summed E-state index contributed by atoms with van der Waals surface area (Å²) in [6.07, 6.45) is -2.22. The molecule has 0 saturated heterocycles. The van der Waals surface area contributed by atoms with Gasteiger partial charge in [0.15, 0.2) is 11.3 Å². The topological polar surface area (TPSA) is 127 Å². The van der Waals surface area contributed by atoms with Gasteiger partial charge in [-0.15, -0.1) is 13.2 Å². The first-order valence-corrected chi connectivity index (χ1v) is 16.3. The molecule has 2 heterocycles. The van der Waals surface area contributed by atoms with Crippen LogP contribution in [0.25, 0.3) is 0 Å². The first-order valence-electron chi connectivity index (χ1n) is 14.5. The van der Waals surface area contributed by atoms with Crippen molar-refractivity contribution >= 4 is 39.1 Å². The fourth-order valence-electron chi connectivity index (χ4n) is 5.69. The molecule has 1 aliphatic rings. The number of benzene rings is 3. The number of hydrogen-bond donors (Lipinski definition) is 1. The second-order valence-electron chi connectivity index (χ2n) is 11.0. The van der Waals surface area contributed by atoms with Gasteiger partial charge in [0.1, 0.15) is 16.4 Å². The van der Waals surface area contributed by atoms with E-state index in [0.29, 0.717) is 9.87 Å². The van der Waals surface area contributed by atoms with Crippen LogP contribution in [0.4, 0.5) is 18.9 Å². The molecule has 0 aliphatic carbocycles. The maximum atomic E-state index is 15.1. The highest BCUT2D eigenvalue weighted by molar-refractivity contribution is 7.93. The molecule has 4 aromatic rings. The molecule has 0 spiro atoms. The fraction of sp³-hybridized carbons (Fsp3) is 0.242. The summed E-state index contributed by atoms with van der Waals surface area (Å²) in [5.41, 5.74) is -1.67. The number of fused-ring (bicyclic) bond motifs is 1. The van der Waals surface area contributed by atoms with Gasteiger partial charge in [-0.3, -0.25) is 19.9 Å². The number of rotatable bonds is 11. The third-order valence-corrected chi connectivity index (χ3v) is 9.78. The van der Waals surface area contributed by atoms with Crippen molar-refractivity contribution in [3.8, 4) is 17.2 Å². The predicted molar refractivity (Wildman–Crippen MR) is 173 cm³/mol. The number of nitrogens with one attached hydrogen (secondary N) is 1. The third kappa shape index (κ3) is 6.73. The molecule has 3 aromatic carbocycles. The van der Waals surface area contributed by atoms with Crippen molar-refractivity contribution in [3.63, 3.8) is 0 Å². The molecule has 1 aromatic heterocycles. The van der Waals surface area contributed by atoms with Gasteiger partial charge in [0.2, 0.25) is 5.91 Å². The van der Waals surface area contributed by atoms with Gasteiger partial charge < -0.3 is 19.1 Å². The molecule has 49 heavy (non-hydrogen) atoms. The van der Waals surface area contributed by atoms with E-state index in [1.54, 1.807) is 24.3 Å². The fourth-order valence-corrected chi connectivity index (χ4v) is 7.43. The average Bonchev–Trinajstić information content (AvgIpc) is 3.31. The van der Waals surface area contributed by atoms with Gasteiger partial charge in [0, 0.05) is 48.7 Å². The lowest BCUT2D eigenvalue weighted by Crippen LogP contribution is -2.59. The van der Waals surface area contributed by atoms with Crippen LogP contribution >= 0.6 is 11.6 Å². The number of ether oxygens (including phenoxy) is 3. The van der Waals surface area contributed by atoms with Crippen LogP contribution in [0.5, 0.6) is 17.2 Å². The summed E-state index contributed by atoms with van der Waals surface area (Å²) in [5.74, 6) is -2.77. The van der Waals surface area contributed by atoms with Crippen LogP contribution in [0.3, 0.4) is 0 Å². The van der Waals surface area contributed by atoms with Crippen LogP contribution in [-0.4, -0.2) is 70.8 Å². The Hall–Kier alpha value is -4.86. The highest BCUT2D eigenvalue weighted by atomic mass is 35.5. The Kier molecular flexibility index (Phi) is 9.82. The number of hydrogen-bond acceptors (Lipinski definition) is 9. The van der Waals surface area contributed by atoms with E-state index in [1.165, 1.54) is 75.9 Å². The molecule has 0 fully saturated rings. The van der Waals surface area contributed by atoms with E-state index in [9.17, 15) is 26.4 Å². The molecule has 11 nitrogen and oxygen atoms in total. The Morgan fingerprint density at radius 2 is 1.67 bits per heavy atom. The number of alkyl halides is 3. The number of carbonyl (C=O) groups excluding carboxylic acids is 2. The van der Waals surface area contributed by atoms with Crippen LogP contribution in [0.2, 0.25) is 5.02 Å². The molecule has 16 heteroatoms. The summed E-state index contributed by atoms with van der Waals surface area (Å²) in [7, 11) is 0.358. The van der Waals surface area contributed by atoms with Crippen molar-refractivity contribution < 1.29 is 45.4 Å². The van der Waals surface area contributed by atoms with Gasteiger partial charge in [0.05, 0.1) is 25.9 Å². The number of aromatic nitrogens is 1. The molecular weight excluding hydrogens is 689 g/mol. The van der Waals surface area contributed by atoms with Gasteiger partial charge in [-0.1, -0.05) is 29.8 Å². The minimum atomic E-state index is -5.30. The third-order valence-electron chi connectivity index (χ3n) is 7.81.